The van der Waals surface area contributed by atoms with Crippen LogP contribution < -0.4 is 10.2 Å². The zero-order valence-electron chi connectivity index (χ0n) is 24.7. The molecular weight excluding hydrogens is 588 g/mol. The van der Waals surface area contributed by atoms with Crippen molar-refractivity contribution in [2.75, 3.05) is 42.9 Å². The molecule has 228 valence electrons. The number of nitrogens with one attached hydrogen (secondary N) is 1. The Hall–Kier alpha value is -3.54. The summed E-state index contributed by atoms with van der Waals surface area (Å²) in [5, 5.41) is 13.2. The highest BCUT2D eigenvalue weighted by Crippen LogP contribution is 2.27. The number of amides is 3. The molecule has 2 fully saturated rings. The largest absolute Gasteiger partial charge is 0.444 e. The Morgan fingerprint density at radius 1 is 0.977 bits per heavy atom. The number of piperazine rings is 1. The van der Waals surface area contributed by atoms with E-state index in [4.69, 9.17) is 16.3 Å². The summed E-state index contributed by atoms with van der Waals surface area (Å²) < 4.78 is 5.48. The third kappa shape index (κ3) is 8.52. The molecule has 1 N–H and O–H groups in total. The van der Waals surface area contributed by atoms with Crippen LogP contribution >= 0.6 is 22.9 Å². The van der Waals surface area contributed by atoms with Crippen molar-refractivity contribution in [1.29, 1.82) is 0 Å². The molecule has 2 aromatic carbocycles. The van der Waals surface area contributed by atoms with Crippen molar-refractivity contribution < 1.29 is 19.1 Å². The highest BCUT2D eigenvalue weighted by atomic mass is 35.5. The van der Waals surface area contributed by atoms with Crippen LogP contribution in [0.25, 0.3) is 0 Å². The summed E-state index contributed by atoms with van der Waals surface area (Å²) in [5.41, 5.74) is 2.55. The minimum Gasteiger partial charge on any atom is -0.444 e. The standard InChI is InChI=1S/C31H37ClN6O4S/c1-31(2,3)42-30(41)37-16-14-36(15-17-37)19-22-6-11-25(12-7-22)38-20-23(18-27(38)39)28(40)33-29-35-34-26(43-29)13-8-21-4-9-24(32)10-5-21/h4-7,9-12,23H,8,13-20H2,1-3H3,(H,33,35,40). The summed E-state index contributed by atoms with van der Waals surface area (Å²) in [6, 6.07) is 15.6. The first kappa shape index (κ1) is 30.9. The van der Waals surface area contributed by atoms with Crippen molar-refractivity contribution in [1.82, 2.24) is 20.0 Å². The number of hydrogen-bond donors (Lipinski definition) is 1. The highest BCUT2D eigenvalue weighted by molar-refractivity contribution is 7.15. The molecule has 0 spiro atoms. The topological polar surface area (TPSA) is 108 Å². The van der Waals surface area contributed by atoms with Crippen LogP contribution in [0.3, 0.4) is 0 Å². The van der Waals surface area contributed by atoms with Gasteiger partial charge in [-0.3, -0.25) is 14.5 Å². The molecule has 5 rings (SSSR count). The molecule has 3 heterocycles. The van der Waals surface area contributed by atoms with Crippen LogP contribution in [0.4, 0.5) is 15.6 Å². The van der Waals surface area contributed by atoms with Gasteiger partial charge in [0, 0.05) is 62.8 Å². The van der Waals surface area contributed by atoms with Crippen molar-refractivity contribution in [2.45, 2.75) is 52.2 Å². The van der Waals surface area contributed by atoms with E-state index in [1.165, 1.54) is 11.3 Å². The van der Waals surface area contributed by atoms with E-state index < -0.39 is 11.5 Å². The number of halogens is 1. The molecule has 10 nitrogen and oxygen atoms in total. The van der Waals surface area contributed by atoms with Gasteiger partial charge >= 0.3 is 6.09 Å². The minimum absolute atomic E-state index is 0.0768. The second kappa shape index (κ2) is 13.4. The lowest BCUT2D eigenvalue weighted by atomic mass is 10.1. The van der Waals surface area contributed by atoms with E-state index in [1.54, 1.807) is 9.80 Å². The van der Waals surface area contributed by atoms with E-state index in [1.807, 2.05) is 69.3 Å². The van der Waals surface area contributed by atoms with Crippen molar-refractivity contribution in [3.8, 4) is 0 Å². The first-order chi connectivity index (χ1) is 20.5. The Bertz CT molecular complexity index is 1430. The van der Waals surface area contributed by atoms with E-state index in [9.17, 15) is 14.4 Å². The molecule has 2 aliphatic heterocycles. The normalized spacial score (nSPS) is 17.8. The number of aryl methyl sites for hydroxylation is 2. The van der Waals surface area contributed by atoms with E-state index in [-0.39, 0.29) is 24.3 Å². The second-order valence-corrected chi connectivity index (χ2v) is 13.4. The molecular formula is C31H37ClN6O4S. The Balaban J connectivity index is 1.08. The molecule has 0 saturated carbocycles. The van der Waals surface area contributed by atoms with E-state index in [2.05, 4.69) is 20.4 Å². The Morgan fingerprint density at radius 2 is 1.65 bits per heavy atom. The lowest BCUT2D eigenvalue weighted by Crippen LogP contribution is -2.49. The van der Waals surface area contributed by atoms with Crippen molar-refractivity contribution in [3.05, 3.63) is 69.7 Å². The van der Waals surface area contributed by atoms with E-state index in [0.717, 1.165) is 47.9 Å². The monoisotopic (exact) mass is 624 g/mol. The maximum absolute atomic E-state index is 13.0. The summed E-state index contributed by atoms with van der Waals surface area (Å²) in [5.74, 6) is -0.764. The van der Waals surface area contributed by atoms with Gasteiger partial charge in [-0.05, 0) is 62.6 Å². The molecule has 3 amide bonds. The van der Waals surface area contributed by atoms with Gasteiger partial charge in [-0.2, -0.15) is 0 Å². The quantitative estimate of drug-likeness (QED) is 0.375. The number of nitrogens with zero attached hydrogens (tertiary/aromatic N) is 5. The molecule has 3 aromatic rings. The fourth-order valence-corrected chi connectivity index (χ4v) is 5.97. The molecule has 2 saturated heterocycles. The molecule has 1 atom stereocenters. The fraction of sp³-hybridized carbons (Fsp3) is 0.452. The number of hydrogen-bond acceptors (Lipinski definition) is 8. The van der Waals surface area contributed by atoms with E-state index in [0.29, 0.717) is 36.2 Å². The predicted molar refractivity (Wildman–Crippen MR) is 167 cm³/mol. The molecule has 12 heteroatoms. The molecule has 1 unspecified atom stereocenters. The second-order valence-electron chi connectivity index (χ2n) is 11.9. The Kier molecular flexibility index (Phi) is 9.63. The third-order valence-corrected chi connectivity index (χ3v) is 8.56. The Labute approximate surface area is 261 Å². The molecule has 1 aromatic heterocycles. The molecule has 2 aliphatic rings. The summed E-state index contributed by atoms with van der Waals surface area (Å²) in [7, 11) is 0. The highest BCUT2D eigenvalue weighted by Gasteiger charge is 2.35. The first-order valence-electron chi connectivity index (χ1n) is 14.5. The van der Waals surface area contributed by atoms with Crippen LogP contribution in [0, 0.1) is 5.92 Å². The maximum atomic E-state index is 13.0. The van der Waals surface area contributed by atoms with Gasteiger partial charge in [0.05, 0.1) is 5.92 Å². The lowest BCUT2D eigenvalue weighted by molar-refractivity contribution is -0.122. The summed E-state index contributed by atoms with van der Waals surface area (Å²) in [6.45, 7) is 9.47. The van der Waals surface area contributed by atoms with E-state index >= 15 is 0 Å². The summed E-state index contributed by atoms with van der Waals surface area (Å²) >= 11 is 7.30. The van der Waals surface area contributed by atoms with Crippen LogP contribution in [0.1, 0.15) is 43.3 Å². The average molecular weight is 625 g/mol. The number of carbonyl (C=O) groups is 3. The Morgan fingerprint density at radius 3 is 2.33 bits per heavy atom. The van der Waals surface area contributed by atoms with Gasteiger partial charge in [-0.15, -0.1) is 10.2 Å². The lowest BCUT2D eigenvalue weighted by Gasteiger charge is -2.35. The van der Waals surface area contributed by atoms with Gasteiger partial charge in [0.1, 0.15) is 10.6 Å². The van der Waals surface area contributed by atoms with Crippen molar-refractivity contribution in [3.63, 3.8) is 0 Å². The predicted octanol–water partition coefficient (Wildman–Crippen LogP) is 5.02. The van der Waals surface area contributed by atoms with Crippen molar-refractivity contribution >= 4 is 51.7 Å². The zero-order chi connectivity index (χ0) is 30.6. The third-order valence-electron chi connectivity index (χ3n) is 7.41. The number of aromatic nitrogens is 2. The van der Waals surface area contributed by atoms with Gasteiger partial charge in [0.2, 0.25) is 16.9 Å². The van der Waals surface area contributed by atoms with Crippen LogP contribution in [-0.2, 0) is 33.7 Å². The zero-order valence-corrected chi connectivity index (χ0v) is 26.3. The van der Waals surface area contributed by atoms with Gasteiger partial charge in [0.25, 0.3) is 0 Å². The fourth-order valence-electron chi connectivity index (χ4n) is 5.10. The number of anilines is 2. The summed E-state index contributed by atoms with van der Waals surface area (Å²) in [6.07, 6.45) is 1.40. The molecule has 0 bridgehead atoms. The van der Waals surface area contributed by atoms with Gasteiger partial charge < -0.3 is 19.9 Å². The van der Waals surface area contributed by atoms with Crippen LogP contribution in [-0.4, -0.2) is 76.2 Å². The van der Waals surface area contributed by atoms with Crippen LogP contribution in [0.15, 0.2) is 48.5 Å². The van der Waals surface area contributed by atoms with Gasteiger partial charge in [-0.1, -0.05) is 47.2 Å². The van der Waals surface area contributed by atoms with Gasteiger partial charge in [0.15, 0.2) is 0 Å². The number of ether oxygens (including phenoxy) is 1. The van der Waals surface area contributed by atoms with Crippen LogP contribution in [0.2, 0.25) is 5.02 Å². The number of benzene rings is 2. The van der Waals surface area contributed by atoms with Gasteiger partial charge in [-0.25, -0.2) is 4.79 Å². The SMILES string of the molecule is CC(C)(C)OC(=O)N1CCN(Cc2ccc(N3CC(C(=O)Nc4nnc(CCc5ccc(Cl)cc5)s4)CC3=O)cc2)CC1. The number of carbonyl (C=O) groups excluding carboxylic acids is 3. The minimum atomic E-state index is -0.501. The smallest absolute Gasteiger partial charge is 0.410 e. The maximum Gasteiger partial charge on any atom is 0.410 e. The van der Waals surface area contributed by atoms with Crippen molar-refractivity contribution in [2.24, 2.45) is 5.92 Å². The molecule has 43 heavy (non-hydrogen) atoms. The summed E-state index contributed by atoms with van der Waals surface area (Å²) in [4.78, 5) is 43.8. The molecule has 0 radical (unpaired) electrons. The number of rotatable bonds is 8. The average Bonchev–Trinajstić information content (AvgIpc) is 3.59. The first-order valence-corrected chi connectivity index (χ1v) is 15.7. The van der Waals surface area contributed by atoms with Crippen LogP contribution in [0.5, 0.6) is 0 Å². The molecule has 0 aliphatic carbocycles.